The second-order valence-corrected chi connectivity index (χ2v) is 9.82. The number of carbonyl (C=O) groups is 2. The van der Waals surface area contributed by atoms with Gasteiger partial charge in [-0.25, -0.2) is 0 Å². The summed E-state index contributed by atoms with van der Waals surface area (Å²) in [4.78, 5) is 22.0. The monoisotopic (exact) mass is 532 g/mol. The number of benzene rings is 2. The third kappa shape index (κ3) is 4.80. The van der Waals surface area contributed by atoms with E-state index >= 15 is 0 Å². The first kappa shape index (κ1) is 24.6. The first-order valence-corrected chi connectivity index (χ1v) is 11.7. The number of hydrogen-bond donors (Lipinski definition) is 0. The molecule has 2 aromatic carbocycles. The van der Waals surface area contributed by atoms with E-state index in [1.807, 2.05) is 27.7 Å². The first-order valence-electron chi connectivity index (χ1n) is 10.9. The van der Waals surface area contributed by atoms with Gasteiger partial charge in [-0.1, -0.05) is 0 Å². The van der Waals surface area contributed by atoms with Crippen LogP contribution in [-0.2, 0) is 9.31 Å². The summed E-state index contributed by atoms with van der Waals surface area (Å²) in [5.74, 6) is 2.53. The third-order valence-corrected chi connectivity index (χ3v) is 6.86. The molecule has 1 fully saturated rings. The average molecular weight is 533 g/mol. The summed E-state index contributed by atoms with van der Waals surface area (Å²) >= 11 is 3.27. The lowest BCUT2D eigenvalue weighted by atomic mass is 9.76. The highest BCUT2D eigenvalue weighted by Crippen LogP contribution is 2.38. The van der Waals surface area contributed by atoms with E-state index in [0.29, 0.717) is 66.0 Å². The zero-order valence-corrected chi connectivity index (χ0v) is 21.1. The van der Waals surface area contributed by atoms with Crippen LogP contribution in [0.1, 0.15) is 48.4 Å². The van der Waals surface area contributed by atoms with Crippen LogP contribution in [0.4, 0.5) is 0 Å². The van der Waals surface area contributed by atoms with Gasteiger partial charge in [-0.3, -0.25) is 9.59 Å². The number of rotatable bonds is 3. The Morgan fingerprint density at radius 2 is 1.12 bits per heavy atom. The fourth-order valence-electron chi connectivity index (χ4n) is 3.57. The molecule has 1 saturated heterocycles. The summed E-state index contributed by atoms with van der Waals surface area (Å²) in [5, 5.41) is 0. The maximum Gasteiger partial charge on any atom is 0.495 e. The molecule has 0 spiro atoms. The van der Waals surface area contributed by atoms with Crippen molar-refractivity contribution in [3.05, 3.63) is 39.9 Å². The lowest BCUT2D eigenvalue weighted by Gasteiger charge is -2.32. The van der Waals surface area contributed by atoms with Gasteiger partial charge in [0.1, 0.15) is 32.7 Å². The summed E-state index contributed by atoms with van der Waals surface area (Å²) in [6.07, 6.45) is 1.57. The molecule has 0 aromatic heterocycles. The molecule has 34 heavy (non-hydrogen) atoms. The normalized spacial score (nSPS) is 19.0. The summed E-state index contributed by atoms with van der Waals surface area (Å²) in [6.45, 7) is 9.98. The van der Waals surface area contributed by atoms with Crippen LogP contribution in [0.2, 0.25) is 0 Å². The first-order chi connectivity index (χ1) is 16.1. The Balaban J connectivity index is 0.000000180. The van der Waals surface area contributed by atoms with Crippen LogP contribution in [0.5, 0.6) is 23.0 Å². The van der Waals surface area contributed by atoms with E-state index in [0.717, 1.165) is 17.0 Å². The topological polar surface area (TPSA) is 89.5 Å². The summed E-state index contributed by atoms with van der Waals surface area (Å²) < 4.78 is 34.5. The van der Waals surface area contributed by atoms with E-state index in [1.54, 1.807) is 24.3 Å². The summed E-state index contributed by atoms with van der Waals surface area (Å²) in [5.41, 5.74) is 0.839. The van der Waals surface area contributed by atoms with Crippen molar-refractivity contribution in [3.63, 3.8) is 0 Å². The van der Waals surface area contributed by atoms with Gasteiger partial charge in [-0.05, 0) is 73.4 Å². The highest BCUT2D eigenvalue weighted by atomic mass is 79.9. The number of fused-ring (bicyclic) bond motifs is 2. The number of carbonyl (C=O) groups excluding carboxylic acids is 2. The molecule has 3 aliphatic rings. The van der Waals surface area contributed by atoms with Gasteiger partial charge < -0.3 is 28.3 Å². The molecule has 180 valence electrons. The zero-order valence-electron chi connectivity index (χ0n) is 19.5. The minimum Gasteiger partial charge on any atom is -0.486 e. The van der Waals surface area contributed by atoms with Gasteiger partial charge in [0.2, 0.25) is 0 Å². The van der Waals surface area contributed by atoms with Crippen molar-refractivity contribution in [3.8, 4) is 23.0 Å². The molecular formula is C24H26BBrO8. The van der Waals surface area contributed by atoms with Crippen LogP contribution >= 0.6 is 15.9 Å². The van der Waals surface area contributed by atoms with Crippen LogP contribution in [0.3, 0.4) is 0 Å². The molecule has 8 nitrogen and oxygen atoms in total. The SMILES string of the molecule is CC1(C)OB(c2cc3c(cc2C=O)OCCO3)OC1(C)C.O=Cc1cc2c(cc1Br)OCCO2. The van der Waals surface area contributed by atoms with Crippen LogP contribution < -0.4 is 24.4 Å². The van der Waals surface area contributed by atoms with Crippen molar-refractivity contribution in [1.29, 1.82) is 0 Å². The van der Waals surface area contributed by atoms with Crippen molar-refractivity contribution < 1.29 is 37.8 Å². The summed E-state index contributed by atoms with van der Waals surface area (Å²) in [7, 11) is -0.592. The molecular weight excluding hydrogens is 507 g/mol. The fourth-order valence-corrected chi connectivity index (χ4v) is 3.98. The highest BCUT2D eigenvalue weighted by Gasteiger charge is 2.52. The van der Waals surface area contributed by atoms with Gasteiger partial charge in [-0.2, -0.15) is 0 Å². The Morgan fingerprint density at radius 3 is 1.59 bits per heavy atom. The maximum atomic E-state index is 11.4. The van der Waals surface area contributed by atoms with Gasteiger partial charge in [0.15, 0.2) is 29.3 Å². The van der Waals surface area contributed by atoms with E-state index in [-0.39, 0.29) is 0 Å². The Bertz CT molecular complexity index is 1080. The Labute approximate surface area is 207 Å². The Kier molecular flexibility index (Phi) is 6.93. The molecule has 0 aliphatic carbocycles. The van der Waals surface area contributed by atoms with Crippen molar-refractivity contribution in [2.24, 2.45) is 0 Å². The Hall–Kier alpha value is -2.56. The van der Waals surface area contributed by atoms with E-state index in [2.05, 4.69) is 15.9 Å². The molecule has 5 rings (SSSR count). The molecule has 2 aromatic rings. The minimum absolute atomic E-state index is 0.453. The van der Waals surface area contributed by atoms with E-state index in [1.165, 1.54) is 0 Å². The van der Waals surface area contributed by atoms with Gasteiger partial charge >= 0.3 is 7.12 Å². The second-order valence-electron chi connectivity index (χ2n) is 8.97. The smallest absolute Gasteiger partial charge is 0.486 e. The molecule has 0 unspecified atom stereocenters. The maximum absolute atomic E-state index is 11.4. The van der Waals surface area contributed by atoms with Crippen LogP contribution in [0, 0.1) is 0 Å². The fraction of sp³-hybridized carbons (Fsp3) is 0.417. The molecule has 3 heterocycles. The molecule has 0 atom stereocenters. The molecule has 0 radical (unpaired) electrons. The molecule has 0 saturated carbocycles. The minimum atomic E-state index is -0.592. The number of halogens is 1. The lowest BCUT2D eigenvalue weighted by molar-refractivity contribution is 0.00578. The number of ether oxygens (including phenoxy) is 4. The molecule has 0 N–H and O–H groups in total. The van der Waals surface area contributed by atoms with Crippen molar-refractivity contribution in [2.45, 2.75) is 38.9 Å². The van der Waals surface area contributed by atoms with Gasteiger partial charge in [0.25, 0.3) is 0 Å². The van der Waals surface area contributed by atoms with Gasteiger partial charge in [0, 0.05) is 15.6 Å². The molecule has 3 aliphatic heterocycles. The predicted molar refractivity (Wildman–Crippen MR) is 129 cm³/mol. The molecule has 0 bridgehead atoms. The van der Waals surface area contributed by atoms with Gasteiger partial charge in [-0.15, -0.1) is 0 Å². The van der Waals surface area contributed by atoms with E-state index in [9.17, 15) is 9.59 Å². The lowest BCUT2D eigenvalue weighted by Crippen LogP contribution is -2.41. The molecule has 10 heteroatoms. The van der Waals surface area contributed by atoms with Crippen molar-refractivity contribution >= 4 is 41.1 Å². The standard InChI is InChI=1S/C15H19BO5.C9H7BrO3/c1-14(2)15(3,4)21-16(20-14)11-8-13-12(7-10(11)9-17)18-5-6-19-13;10-7-4-9-8(3-6(7)5-11)12-1-2-13-9/h7-9H,5-6H2,1-4H3;3-5H,1-2H2. The number of aldehydes is 2. The second kappa shape index (κ2) is 9.60. The third-order valence-electron chi connectivity index (χ3n) is 6.17. The van der Waals surface area contributed by atoms with Crippen LogP contribution in [0.15, 0.2) is 28.7 Å². The summed E-state index contributed by atoms with van der Waals surface area (Å²) in [6, 6.07) is 6.88. The van der Waals surface area contributed by atoms with Crippen molar-refractivity contribution in [2.75, 3.05) is 26.4 Å². The van der Waals surface area contributed by atoms with E-state index in [4.69, 9.17) is 28.3 Å². The highest BCUT2D eigenvalue weighted by molar-refractivity contribution is 9.10. The van der Waals surface area contributed by atoms with E-state index < -0.39 is 18.3 Å². The predicted octanol–water partition coefficient (Wildman–Crippen LogP) is 3.60. The Morgan fingerprint density at radius 1 is 0.706 bits per heavy atom. The van der Waals surface area contributed by atoms with Crippen LogP contribution in [-0.4, -0.2) is 57.3 Å². The quantitative estimate of drug-likeness (QED) is 0.437. The average Bonchev–Trinajstić information content (AvgIpc) is 3.04. The van der Waals surface area contributed by atoms with Crippen molar-refractivity contribution in [1.82, 2.24) is 0 Å². The molecule has 0 amide bonds. The van der Waals surface area contributed by atoms with Crippen LogP contribution in [0.25, 0.3) is 0 Å². The van der Waals surface area contributed by atoms with Gasteiger partial charge in [0.05, 0.1) is 11.2 Å². The number of hydrogen-bond acceptors (Lipinski definition) is 8. The largest absolute Gasteiger partial charge is 0.495 e. The zero-order chi connectivity index (χ0) is 24.5.